The van der Waals surface area contributed by atoms with Gasteiger partial charge >= 0.3 is 0 Å². The first-order valence-electron chi connectivity index (χ1n) is 5.07. The Hall–Kier alpha value is -0.640. The minimum absolute atomic E-state index is 0.218. The summed E-state index contributed by atoms with van der Waals surface area (Å²) >= 11 is 5.95. The molecule has 82 valence electrons. The molecule has 1 atom stereocenters. The Kier molecular flexibility index (Phi) is 3.24. The minimum Gasteiger partial charge on any atom is -0.326 e. The molecule has 0 amide bonds. The van der Waals surface area contributed by atoms with Gasteiger partial charge in [-0.05, 0) is 18.6 Å². The summed E-state index contributed by atoms with van der Waals surface area (Å²) in [6.07, 6.45) is 0.978. The number of hydrogen-bond acceptors (Lipinski definition) is 2. The molecule has 1 aliphatic heterocycles. The van der Waals surface area contributed by atoms with Gasteiger partial charge in [0.15, 0.2) is 0 Å². The summed E-state index contributed by atoms with van der Waals surface area (Å²) < 4.78 is 13.5. The van der Waals surface area contributed by atoms with E-state index >= 15 is 0 Å². The van der Waals surface area contributed by atoms with Crippen LogP contribution in [0.15, 0.2) is 18.2 Å². The van der Waals surface area contributed by atoms with Gasteiger partial charge in [0.05, 0.1) is 0 Å². The van der Waals surface area contributed by atoms with Crippen LogP contribution < -0.4 is 5.73 Å². The lowest BCUT2D eigenvalue weighted by Crippen LogP contribution is -2.26. The molecule has 1 aromatic carbocycles. The molecule has 4 heteroatoms. The first kappa shape index (κ1) is 10.9. The van der Waals surface area contributed by atoms with Crippen LogP contribution in [-0.2, 0) is 6.54 Å². The number of halogens is 2. The molecular weight excluding hydrogens is 215 g/mol. The van der Waals surface area contributed by atoms with E-state index in [-0.39, 0.29) is 11.9 Å². The quantitative estimate of drug-likeness (QED) is 0.839. The molecule has 2 rings (SSSR count). The van der Waals surface area contributed by atoms with Crippen molar-refractivity contribution < 1.29 is 4.39 Å². The van der Waals surface area contributed by atoms with E-state index in [1.165, 1.54) is 6.07 Å². The molecule has 0 bridgehead atoms. The highest BCUT2D eigenvalue weighted by molar-refractivity contribution is 6.31. The number of hydrogen-bond donors (Lipinski definition) is 1. The van der Waals surface area contributed by atoms with Crippen LogP contribution in [0, 0.1) is 5.82 Å². The van der Waals surface area contributed by atoms with Crippen LogP contribution in [0.25, 0.3) is 0 Å². The topological polar surface area (TPSA) is 29.3 Å². The molecular formula is C11H14ClFN2. The molecule has 2 nitrogen and oxygen atoms in total. The van der Waals surface area contributed by atoms with Crippen molar-refractivity contribution in [2.24, 2.45) is 5.73 Å². The highest BCUT2D eigenvalue weighted by atomic mass is 35.5. The Morgan fingerprint density at radius 3 is 2.93 bits per heavy atom. The average molecular weight is 229 g/mol. The molecule has 0 aromatic heterocycles. The Balaban J connectivity index is 2.10. The SMILES string of the molecule is NC1CCN(Cc2c(F)cccc2Cl)C1. The van der Waals surface area contributed by atoms with Gasteiger partial charge in [-0.2, -0.15) is 0 Å². The highest BCUT2D eigenvalue weighted by Crippen LogP contribution is 2.22. The predicted octanol–water partition coefficient (Wildman–Crippen LogP) is 2.01. The fraction of sp³-hybridized carbons (Fsp3) is 0.455. The summed E-state index contributed by atoms with van der Waals surface area (Å²) in [6.45, 7) is 2.30. The molecule has 0 saturated carbocycles. The summed E-state index contributed by atoms with van der Waals surface area (Å²) in [7, 11) is 0. The first-order valence-corrected chi connectivity index (χ1v) is 5.45. The smallest absolute Gasteiger partial charge is 0.129 e. The molecule has 0 aliphatic carbocycles. The van der Waals surface area contributed by atoms with Crippen molar-refractivity contribution in [1.29, 1.82) is 0 Å². The molecule has 15 heavy (non-hydrogen) atoms. The second-order valence-electron chi connectivity index (χ2n) is 3.98. The Morgan fingerprint density at radius 1 is 1.53 bits per heavy atom. The van der Waals surface area contributed by atoms with Crippen LogP contribution in [0.3, 0.4) is 0 Å². The summed E-state index contributed by atoms with van der Waals surface area (Å²) in [6, 6.07) is 5.00. The van der Waals surface area contributed by atoms with Crippen LogP contribution >= 0.6 is 11.6 Å². The van der Waals surface area contributed by atoms with E-state index in [1.54, 1.807) is 12.1 Å². The zero-order valence-electron chi connectivity index (χ0n) is 8.42. The van der Waals surface area contributed by atoms with Gasteiger partial charge in [0.1, 0.15) is 5.82 Å². The molecule has 1 fully saturated rings. The third-order valence-corrected chi connectivity index (χ3v) is 3.11. The molecule has 1 saturated heterocycles. The number of rotatable bonds is 2. The first-order chi connectivity index (χ1) is 7.16. The number of benzene rings is 1. The summed E-state index contributed by atoms with van der Waals surface area (Å²) in [5.74, 6) is -0.233. The Labute approximate surface area is 93.8 Å². The van der Waals surface area contributed by atoms with Gasteiger partial charge in [-0.1, -0.05) is 17.7 Å². The van der Waals surface area contributed by atoms with Crippen LogP contribution in [0.5, 0.6) is 0 Å². The van der Waals surface area contributed by atoms with Crippen LogP contribution in [-0.4, -0.2) is 24.0 Å². The van der Waals surface area contributed by atoms with Crippen molar-refractivity contribution in [3.63, 3.8) is 0 Å². The molecule has 2 N–H and O–H groups in total. The van der Waals surface area contributed by atoms with Crippen molar-refractivity contribution in [2.45, 2.75) is 19.0 Å². The molecule has 1 unspecified atom stereocenters. The van der Waals surface area contributed by atoms with E-state index in [1.807, 2.05) is 0 Å². The van der Waals surface area contributed by atoms with E-state index in [4.69, 9.17) is 17.3 Å². The monoisotopic (exact) mass is 228 g/mol. The predicted molar refractivity (Wildman–Crippen MR) is 59.3 cm³/mol. The number of nitrogens with two attached hydrogens (primary N) is 1. The van der Waals surface area contributed by atoms with Gasteiger partial charge in [0, 0.05) is 36.3 Å². The second-order valence-corrected chi connectivity index (χ2v) is 4.39. The average Bonchev–Trinajstić information content (AvgIpc) is 2.58. The lowest BCUT2D eigenvalue weighted by molar-refractivity contribution is 0.321. The van der Waals surface area contributed by atoms with Crippen LogP contribution in [0.1, 0.15) is 12.0 Å². The lowest BCUT2D eigenvalue weighted by Gasteiger charge is -2.16. The standard InChI is InChI=1S/C11H14ClFN2/c12-10-2-1-3-11(13)9(10)7-15-5-4-8(14)6-15/h1-3,8H,4-7,14H2. The van der Waals surface area contributed by atoms with E-state index in [2.05, 4.69) is 4.90 Å². The van der Waals surface area contributed by atoms with Gasteiger partial charge in [-0.3, -0.25) is 4.90 Å². The van der Waals surface area contributed by atoms with Crippen molar-refractivity contribution >= 4 is 11.6 Å². The number of nitrogens with zero attached hydrogens (tertiary/aromatic N) is 1. The van der Waals surface area contributed by atoms with Gasteiger partial charge < -0.3 is 5.73 Å². The van der Waals surface area contributed by atoms with Crippen molar-refractivity contribution in [3.05, 3.63) is 34.6 Å². The van der Waals surface area contributed by atoms with E-state index in [9.17, 15) is 4.39 Å². The Morgan fingerprint density at radius 2 is 2.33 bits per heavy atom. The van der Waals surface area contributed by atoms with Gasteiger partial charge in [0.2, 0.25) is 0 Å². The Bertz CT molecular complexity index is 336. The van der Waals surface area contributed by atoms with Crippen molar-refractivity contribution in [2.75, 3.05) is 13.1 Å². The van der Waals surface area contributed by atoms with E-state index < -0.39 is 0 Å². The van der Waals surface area contributed by atoms with Crippen molar-refractivity contribution in [3.8, 4) is 0 Å². The third-order valence-electron chi connectivity index (χ3n) is 2.75. The summed E-state index contributed by atoms with van der Waals surface area (Å²) in [4.78, 5) is 2.13. The zero-order valence-corrected chi connectivity index (χ0v) is 9.17. The maximum absolute atomic E-state index is 13.5. The van der Waals surface area contributed by atoms with Crippen LogP contribution in [0.2, 0.25) is 5.02 Å². The molecule has 1 heterocycles. The molecule has 0 radical (unpaired) electrons. The normalized spacial score (nSPS) is 22.2. The zero-order chi connectivity index (χ0) is 10.8. The highest BCUT2D eigenvalue weighted by Gasteiger charge is 2.20. The largest absolute Gasteiger partial charge is 0.326 e. The fourth-order valence-corrected chi connectivity index (χ4v) is 2.14. The second kappa shape index (κ2) is 4.47. The molecule has 1 aromatic rings. The van der Waals surface area contributed by atoms with E-state index in [0.717, 1.165) is 19.5 Å². The maximum atomic E-state index is 13.5. The molecule has 0 spiro atoms. The summed E-state index contributed by atoms with van der Waals surface area (Å²) in [5, 5.41) is 0.496. The van der Waals surface area contributed by atoms with Gasteiger partial charge in [0.25, 0.3) is 0 Å². The lowest BCUT2D eigenvalue weighted by atomic mass is 10.2. The van der Waals surface area contributed by atoms with Crippen molar-refractivity contribution in [1.82, 2.24) is 4.90 Å². The summed E-state index contributed by atoms with van der Waals surface area (Å²) in [5.41, 5.74) is 6.36. The fourth-order valence-electron chi connectivity index (χ4n) is 1.91. The minimum atomic E-state index is -0.233. The van der Waals surface area contributed by atoms with E-state index in [0.29, 0.717) is 17.1 Å². The van der Waals surface area contributed by atoms with Gasteiger partial charge in [-0.25, -0.2) is 4.39 Å². The third kappa shape index (κ3) is 2.48. The molecule has 1 aliphatic rings. The van der Waals surface area contributed by atoms with Crippen LogP contribution in [0.4, 0.5) is 4.39 Å². The maximum Gasteiger partial charge on any atom is 0.129 e. The van der Waals surface area contributed by atoms with Gasteiger partial charge in [-0.15, -0.1) is 0 Å². The number of likely N-dealkylation sites (tertiary alicyclic amines) is 1.